The number of carboxylic acid groups (broad SMARTS) is 1. The van der Waals surface area contributed by atoms with E-state index in [4.69, 9.17) is 25.9 Å². The van der Waals surface area contributed by atoms with E-state index in [-0.39, 0.29) is 5.76 Å². The summed E-state index contributed by atoms with van der Waals surface area (Å²) in [6, 6.07) is 10.4. The Balaban J connectivity index is 2.30. The first-order chi connectivity index (χ1) is 8.61. The average Bonchev–Trinajstić information content (AvgIpc) is 2.80. The summed E-state index contributed by atoms with van der Waals surface area (Å²) in [5.41, 5.74) is 0.825. The number of ether oxygens (including phenoxy) is 1. The highest BCUT2D eigenvalue weighted by Crippen LogP contribution is 2.27. The van der Waals surface area contributed by atoms with Crippen LogP contribution in [0.15, 0.2) is 40.8 Å². The Labute approximate surface area is 109 Å². The Hall–Kier alpha value is -1.78. The lowest BCUT2D eigenvalue weighted by Gasteiger charge is -2.06. The summed E-state index contributed by atoms with van der Waals surface area (Å²) in [6.45, 7) is 0. The third-order valence-electron chi connectivity index (χ3n) is 2.47. The van der Waals surface area contributed by atoms with Gasteiger partial charge in [-0.15, -0.1) is 0 Å². The van der Waals surface area contributed by atoms with E-state index >= 15 is 0 Å². The lowest BCUT2D eigenvalue weighted by Crippen LogP contribution is -2.12. The van der Waals surface area contributed by atoms with Gasteiger partial charge in [-0.1, -0.05) is 11.6 Å². The van der Waals surface area contributed by atoms with Gasteiger partial charge in [0, 0.05) is 17.7 Å². The van der Waals surface area contributed by atoms with Crippen LogP contribution in [0.2, 0.25) is 5.02 Å². The minimum Gasteiger partial charge on any atom is -0.479 e. The minimum atomic E-state index is -1.09. The van der Waals surface area contributed by atoms with E-state index in [1.165, 1.54) is 7.11 Å². The maximum absolute atomic E-state index is 10.9. The molecule has 0 fully saturated rings. The van der Waals surface area contributed by atoms with Crippen molar-refractivity contribution in [1.29, 1.82) is 0 Å². The monoisotopic (exact) mass is 266 g/mol. The molecule has 0 spiro atoms. The molecule has 0 bridgehead atoms. The molecule has 1 unspecified atom stereocenters. The van der Waals surface area contributed by atoms with E-state index in [9.17, 15) is 4.79 Å². The van der Waals surface area contributed by atoms with Gasteiger partial charge in [0.05, 0.1) is 0 Å². The van der Waals surface area contributed by atoms with Crippen LogP contribution < -0.4 is 0 Å². The zero-order chi connectivity index (χ0) is 13.1. The number of benzene rings is 1. The molecule has 0 saturated heterocycles. The molecule has 0 saturated carbocycles. The number of aliphatic carboxylic acids is 1. The largest absolute Gasteiger partial charge is 0.479 e. The van der Waals surface area contributed by atoms with Gasteiger partial charge >= 0.3 is 5.97 Å². The van der Waals surface area contributed by atoms with Gasteiger partial charge in [0.1, 0.15) is 11.5 Å². The quantitative estimate of drug-likeness (QED) is 0.922. The lowest BCUT2D eigenvalue weighted by molar-refractivity contribution is -0.149. The molecule has 1 aromatic carbocycles. The second-order valence-corrected chi connectivity index (χ2v) is 4.10. The van der Waals surface area contributed by atoms with Crippen LogP contribution in [0.4, 0.5) is 0 Å². The number of carbonyl (C=O) groups is 1. The summed E-state index contributed by atoms with van der Waals surface area (Å²) < 4.78 is 10.3. The summed E-state index contributed by atoms with van der Waals surface area (Å²) in [6.07, 6.45) is -1.09. The predicted molar refractivity (Wildman–Crippen MR) is 66.5 cm³/mol. The average molecular weight is 267 g/mol. The number of carboxylic acids is 1. The first-order valence-electron chi connectivity index (χ1n) is 5.23. The second-order valence-electron chi connectivity index (χ2n) is 3.66. The van der Waals surface area contributed by atoms with Crippen LogP contribution in [0, 0.1) is 0 Å². The zero-order valence-corrected chi connectivity index (χ0v) is 10.3. The van der Waals surface area contributed by atoms with Gasteiger partial charge in [0.2, 0.25) is 6.10 Å². The third-order valence-corrected chi connectivity index (χ3v) is 2.73. The summed E-state index contributed by atoms with van der Waals surface area (Å²) in [5.74, 6) is -0.255. The molecule has 1 heterocycles. The minimum absolute atomic E-state index is 0.259. The number of methoxy groups -OCH3 is 1. The summed E-state index contributed by atoms with van der Waals surface area (Å²) >= 11 is 5.79. The molecule has 94 valence electrons. The second kappa shape index (κ2) is 5.25. The van der Waals surface area contributed by atoms with Crippen molar-refractivity contribution in [3.05, 3.63) is 47.2 Å². The molecule has 18 heavy (non-hydrogen) atoms. The highest BCUT2D eigenvalue weighted by Gasteiger charge is 2.22. The fraction of sp³-hybridized carbons (Fsp3) is 0.154. The maximum Gasteiger partial charge on any atom is 0.340 e. The molecule has 1 N–H and O–H groups in total. The first-order valence-corrected chi connectivity index (χ1v) is 5.61. The van der Waals surface area contributed by atoms with Crippen molar-refractivity contribution in [3.8, 4) is 11.3 Å². The molecule has 4 nitrogen and oxygen atoms in total. The fourth-order valence-corrected chi connectivity index (χ4v) is 1.73. The van der Waals surface area contributed by atoms with Crippen LogP contribution in [-0.2, 0) is 9.53 Å². The van der Waals surface area contributed by atoms with Crippen LogP contribution in [-0.4, -0.2) is 18.2 Å². The topological polar surface area (TPSA) is 59.7 Å². The molecule has 0 aliphatic carbocycles. The van der Waals surface area contributed by atoms with Gasteiger partial charge < -0.3 is 14.3 Å². The predicted octanol–water partition coefficient (Wildman–Crippen LogP) is 3.37. The Morgan fingerprint density at radius 2 is 1.94 bits per heavy atom. The molecule has 2 rings (SSSR count). The highest BCUT2D eigenvalue weighted by atomic mass is 35.5. The van der Waals surface area contributed by atoms with Crippen molar-refractivity contribution < 1.29 is 19.1 Å². The first kappa shape index (κ1) is 12.7. The van der Waals surface area contributed by atoms with E-state index in [0.717, 1.165) is 5.56 Å². The molecule has 0 aliphatic heterocycles. The lowest BCUT2D eigenvalue weighted by atomic mass is 10.2. The molecule has 1 atom stereocenters. The molecule has 0 radical (unpaired) electrons. The summed E-state index contributed by atoms with van der Waals surface area (Å²) in [7, 11) is 1.32. The van der Waals surface area contributed by atoms with Crippen molar-refractivity contribution >= 4 is 17.6 Å². The summed E-state index contributed by atoms with van der Waals surface area (Å²) in [4.78, 5) is 10.9. The molecule has 0 amide bonds. The Kier molecular flexibility index (Phi) is 3.69. The number of halogens is 1. The van der Waals surface area contributed by atoms with E-state index in [0.29, 0.717) is 10.8 Å². The molecule has 0 aliphatic rings. The van der Waals surface area contributed by atoms with Gasteiger partial charge in [-0.25, -0.2) is 4.79 Å². The van der Waals surface area contributed by atoms with Crippen molar-refractivity contribution in [2.24, 2.45) is 0 Å². The van der Waals surface area contributed by atoms with Crippen LogP contribution in [0.1, 0.15) is 11.9 Å². The van der Waals surface area contributed by atoms with Crippen molar-refractivity contribution in [1.82, 2.24) is 0 Å². The Bertz CT molecular complexity index is 544. The molecule has 2 aromatic rings. The van der Waals surface area contributed by atoms with E-state index in [2.05, 4.69) is 0 Å². The van der Waals surface area contributed by atoms with Gasteiger partial charge in [-0.3, -0.25) is 0 Å². The van der Waals surface area contributed by atoms with Gasteiger partial charge in [0.25, 0.3) is 0 Å². The van der Waals surface area contributed by atoms with Crippen LogP contribution in [0.5, 0.6) is 0 Å². The number of hydrogen-bond donors (Lipinski definition) is 1. The van der Waals surface area contributed by atoms with Crippen LogP contribution in [0.3, 0.4) is 0 Å². The number of furan rings is 1. The van der Waals surface area contributed by atoms with Crippen LogP contribution in [0.25, 0.3) is 11.3 Å². The summed E-state index contributed by atoms with van der Waals surface area (Å²) in [5, 5.41) is 9.57. The van der Waals surface area contributed by atoms with Gasteiger partial charge in [0.15, 0.2) is 0 Å². The maximum atomic E-state index is 10.9. The van der Waals surface area contributed by atoms with E-state index in [1.54, 1.807) is 36.4 Å². The number of rotatable bonds is 4. The zero-order valence-electron chi connectivity index (χ0n) is 9.59. The molecular weight excluding hydrogens is 256 g/mol. The molecular formula is C13H11ClO4. The van der Waals surface area contributed by atoms with Crippen molar-refractivity contribution in [2.75, 3.05) is 7.11 Å². The normalized spacial score (nSPS) is 12.3. The highest BCUT2D eigenvalue weighted by molar-refractivity contribution is 6.30. The smallest absolute Gasteiger partial charge is 0.340 e. The standard InChI is InChI=1S/C13H11ClO4/c1-17-12(13(15)16)11-7-6-10(18-11)8-2-4-9(14)5-3-8/h2-7,12H,1H3,(H,15,16). The van der Waals surface area contributed by atoms with Crippen LogP contribution >= 0.6 is 11.6 Å². The number of hydrogen-bond acceptors (Lipinski definition) is 3. The Morgan fingerprint density at radius 3 is 2.50 bits per heavy atom. The van der Waals surface area contributed by atoms with Gasteiger partial charge in [-0.05, 0) is 36.4 Å². The van der Waals surface area contributed by atoms with Crippen molar-refractivity contribution in [2.45, 2.75) is 6.10 Å². The third kappa shape index (κ3) is 2.55. The molecule has 5 heteroatoms. The Morgan fingerprint density at radius 1 is 1.28 bits per heavy atom. The SMILES string of the molecule is COC(C(=O)O)c1ccc(-c2ccc(Cl)cc2)o1. The van der Waals surface area contributed by atoms with E-state index in [1.807, 2.05) is 0 Å². The fourth-order valence-electron chi connectivity index (χ4n) is 1.60. The molecule has 1 aromatic heterocycles. The van der Waals surface area contributed by atoms with Gasteiger partial charge in [-0.2, -0.15) is 0 Å². The van der Waals surface area contributed by atoms with Crippen molar-refractivity contribution in [3.63, 3.8) is 0 Å². The van der Waals surface area contributed by atoms with E-state index < -0.39 is 12.1 Å².